The van der Waals surface area contributed by atoms with E-state index in [9.17, 15) is 9.59 Å². The lowest BCUT2D eigenvalue weighted by atomic mass is 10.1. The summed E-state index contributed by atoms with van der Waals surface area (Å²) in [6, 6.07) is 4.24. The highest BCUT2D eigenvalue weighted by molar-refractivity contribution is 6.42. The third-order valence-electron chi connectivity index (χ3n) is 3.86. The molecule has 1 aromatic rings. The van der Waals surface area contributed by atoms with Gasteiger partial charge in [-0.15, -0.1) is 0 Å². The number of halogens is 2. The van der Waals surface area contributed by atoms with Crippen LogP contribution < -0.4 is 4.90 Å². The van der Waals surface area contributed by atoms with E-state index in [1.807, 2.05) is 0 Å². The minimum absolute atomic E-state index is 0.157. The molecule has 2 heterocycles. The van der Waals surface area contributed by atoms with Gasteiger partial charge in [-0.3, -0.25) is 4.79 Å². The number of imide groups is 1. The van der Waals surface area contributed by atoms with Crippen LogP contribution in [0.2, 0.25) is 10.0 Å². The molecular formula is C14H14Cl2N2O2. The average molecular weight is 313 g/mol. The molecule has 2 saturated heterocycles. The molecule has 0 N–H and O–H groups in total. The third kappa shape index (κ3) is 2.17. The van der Waals surface area contributed by atoms with Crippen LogP contribution in [0.15, 0.2) is 18.2 Å². The van der Waals surface area contributed by atoms with E-state index in [-0.39, 0.29) is 18.0 Å². The lowest BCUT2D eigenvalue weighted by Crippen LogP contribution is -2.34. The monoisotopic (exact) mass is 312 g/mol. The van der Waals surface area contributed by atoms with Crippen LogP contribution >= 0.6 is 23.2 Å². The summed E-state index contributed by atoms with van der Waals surface area (Å²) in [5.74, 6) is -0.157. The first kappa shape index (κ1) is 13.7. The molecule has 2 aliphatic heterocycles. The molecular weight excluding hydrogens is 299 g/mol. The number of carbonyl (C=O) groups is 2. The molecule has 0 saturated carbocycles. The van der Waals surface area contributed by atoms with Gasteiger partial charge in [-0.2, -0.15) is 0 Å². The maximum absolute atomic E-state index is 12.5. The van der Waals surface area contributed by atoms with Gasteiger partial charge in [0, 0.05) is 6.54 Å². The number of rotatable bonds is 1. The Hall–Kier alpha value is -1.26. The summed E-state index contributed by atoms with van der Waals surface area (Å²) < 4.78 is 0. The number of amides is 3. The minimum atomic E-state index is -0.320. The highest BCUT2D eigenvalue weighted by atomic mass is 35.5. The van der Waals surface area contributed by atoms with E-state index in [0.717, 1.165) is 25.7 Å². The molecule has 0 spiro atoms. The Morgan fingerprint density at radius 1 is 1.05 bits per heavy atom. The van der Waals surface area contributed by atoms with Crippen LogP contribution in [0.3, 0.4) is 0 Å². The van der Waals surface area contributed by atoms with Gasteiger partial charge in [0.2, 0.25) is 0 Å². The van der Waals surface area contributed by atoms with E-state index in [0.29, 0.717) is 22.3 Å². The van der Waals surface area contributed by atoms with Crippen LogP contribution in [0.25, 0.3) is 0 Å². The van der Waals surface area contributed by atoms with E-state index >= 15 is 0 Å². The number of hydrogen-bond donors (Lipinski definition) is 0. The average Bonchev–Trinajstić information content (AvgIpc) is 2.62. The van der Waals surface area contributed by atoms with Crippen molar-refractivity contribution in [1.29, 1.82) is 0 Å². The first-order valence-electron chi connectivity index (χ1n) is 6.69. The third-order valence-corrected chi connectivity index (χ3v) is 4.60. The van der Waals surface area contributed by atoms with Crippen molar-refractivity contribution in [1.82, 2.24) is 4.90 Å². The van der Waals surface area contributed by atoms with Gasteiger partial charge in [-0.05, 0) is 31.0 Å². The highest BCUT2D eigenvalue weighted by Gasteiger charge is 2.45. The van der Waals surface area contributed by atoms with Gasteiger partial charge in [-0.1, -0.05) is 36.0 Å². The molecule has 3 amide bonds. The van der Waals surface area contributed by atoms with Gasteiger partial charge in [0.1, 0.15) is 6.04 Å². The molecule has 1 atom stereocenters. The highest BCUT2D eigenvalue weighted by Crippen LogP contribution is 2.33. The molecule has 6 heteroatoms. The number of carbonyl (C=O) groups excluding carboxylic acids is 2. The standard InChI is InChI=1S/C14H14Cl2N2O2/c15-10-6-5-9(8-11(10)16)18-13(19)12-4-2-1-3-7-17(12)14(18)20/h5-6,8,12H,1-4,7H2. The maximum atomic E-state index is 12.5. The van der Waals surface area contributed by atoms with Gasteiger partial charge in [0.15, 0.2) is 0 Å². The van der Waals surface area contributed by atoms with Gasteiger partial charge in [-0.25, -0.2) is 9.69 Å². The topological polar surface area (TPSA) is 40.6 Å². The number of hydrogen-bond acceptors (Lipinski definition) is 2. The van der Waals surface area contributed by atoms with Crippen LogP contribution in [-0.4, -0.2) is 29.4 Å². The summed E-state index contributed by atoms with van der Waals surface area (Å²) in [6.07, 6.45) is 3.74. The summed E-state index contributed by atoms with van der Waals surface area (Å²) in [7, 11) is 0. The molecule has 0 aromatic heterocycles. The molecule has 0 aliphatic carbocycles. The lowest BCUT2D eigenvalue weighted by Gasteiger charge is -2.18. The van der Waals surface area contributed by atoms with Gasteiger partial charge < -0.3 is 4.90 Å². The van der Waals surface area contributed by atoms with Crippen molar-refractivity contribution in [2.75, 3.05) is 11.4 Å². The Morgan fingerprint density at radius 2 is 1.85 bits per heavy atom. The zero-order valence-electron chi connectivity index (χ0n) is 10.8. The Morgan fingerprint density at radius 3 is 2.60 bits per heavy atom. The van der Waals surface area contributed by atoms with Crippen LogP contribution in [0.1, 0.15) is 25.7 Å². The number of anilines is 1. The van der Waals surface area contributed by atoms with E-state index in [1.165, 1.54) is 4.90 Å². The number of fused-ring (bicyclic) bond motifs is 1. The Balaban J connectivity index is 1.95. The quantitative estimate of drug-likeness (QED) is 0.742. The van der Waals surface area contributed by atoms with E-state index in [4.69, 9.17) is 23.2 Å². The summed E-state index contributed by atoms with van der Waals surface area (Å²) in [5.41, 5.74) is 0.488. The first-order valence-corrected chi connectivity index (χ1v) is 7.45. The van der Waals surface area contributed by atoms with Gasteiger partial charge >= 0.3 is 6.03 Å². The van der Waals surface area contributed by atoms with Crippen molar-refractivity contribution in [2.45, 2.75) is 31.7 Å². The van der Waals surface area contributed by atoms with Gasteiger partial charge in [0.25, 0.3) is 5.91 Å². The largest absolute Gasteiger partial charge is 0.332 e. The number of benzene rings is 1. The molecule has 106 valence electrons. The number of urea groups is 1. The van der Waals surface area contributed by atoms with E-state index in [2.05, 4.69) is 0 Å². The van der Waals surface area contributed by atoms with Crippen molar-refractivity contribution >= 4 is 40.8 Å². The van der Waals surface area contributed by atoms with Gasteiger partial charge in [0.05, 0.1) is 15.7 Å². The fourth-order valence-electron chi connectivity index (χ4n) is 2.83. The Kier molecular flexibility index (Phi) is 3.61. The predicted molar refractivity (Wildman–Crippen MR) is 78.3 cm³/mol. The van der Waals surface area contributed by atoms with E-state index < -0.39 is 0 Å². The molecule has 1 unspecified atom stereocenters. The second kappa shape index (κ2) is 5.26. The molecule has 0 radical (unpaired) electrons. The SMILES string of the molecule is O=C1C2CCCCCN2C(=O)N1c1ccc(Cl)c(Cl)c1. The van der Waals surface area contributed by atoms with Crippen molar-refractivity contribution in [2.24, 2.45) is 0 Å². The molecule has 2 aliphatic rings. The first-order chi connectivity index (χ1) is 9.59. The summed E-state index contributed by atoms with van der Waals surface area (Å²) in [5, 5.41) is 0.746. The molecule has 2 fully saturated rings. The molecule has 3 rings (SSSR count). The predicted octanol–water partition coefficient (Wildman–Crippen LogP) is 3.70. The normalized spacial score (nSPS) is 23.0. The zero-order chi connectivity index (χ0) is 14.3. The van der Waals surface area contributed by atoms with Crippen LogP contribution in [-0.2, 0) is 4.79 Å². The number of nitrogens with zero attached hydrogens (tertiary/aromatic N) is 2. The molecule has 20 heavy (non-hydrogen) atoms. The maximum Gasteiger partial charge on any atom is 0.332 e. The minimum Gasteiger partial charge on any atom is -0.312 e. The fourth-order valence-corrected chi connectivity index (χ4v) is 3.12. The Bertz CT molecular complexity index is 552. The summed E-state index contributed by atoms with van der Waals surface area (Å²) in [6.45, 7) is 0.646. The second-order valence-electron chi connectivity index (χ2n) is 5.11. The molecule has 1 aromatic carbocycles. The Labute approximate surface area is 127 Å². The molecule has 0 bridgehead atoms. The molecule has 4 nitrogen and oxygen atoms in total. The smallest absolute Gasteiger partial charge is 0.312 e. The lowest BCUT2D eigenvalue weighted by molar-refractivity contribution is -0.119. The van der Waals surface area contributed by atoms with Crippen molar-refractivity contribution in [3.8, 4) is 0 Å². The fraction of sp³-hybridized carbons (Fsp3) is 0.429. The summed E-state index contributed by atoms with van der Waals surface area (Å²) >= 11 is 11.8. The van der Waals surface area contributed by atoms with Crippen molar-refractivity contribution in [3.05, 3.63) is 28.2 Å². The summed E-state index contributed by atoms with van der Waals surface area (Å²) in [4.78, 5) is 27.8. The van der Waals surface area contributed by atoms with Crippen LogP contribution in [0.5, 0.6) is 0 Å². The van der Waals surface area contributed by atoms with Crippen molar-refractivity contribution < 1.29 is 9.59 Å². The van der Waals surface area contributed by atoms with E-state index in [1.54, 1.807) is 23.1 Å². The van der Waals surface area contributed by atoms with Crippen molar-refractivity contribution in [3.63, 3.8) is 0 Å². The second-order valence-corrected chi connectivity index (χ2v) is 5.93. The van der Waals surface area contributed by atoms with Crippen LogP contribution in [0, 0.1) is 0 Å². The van der Waals surface area contributed by atoms with Crippen LogP contribution in [0.4, 0.5) is 10.5 Å². The zero-order valence-corrected chi connectivity index (χ0v) is 12.3.